The first-order valence-corrected chi connectivity index (χ1v) is 22.2. The predicted octanol–water partition coefficient (Wildman–Crippen LogP) is 5.75. The Kier molecular flexibility index (Phi) is 9.51. The van der Waals surface area contributed by atoms with Gasteiger partial charge in [-0.3, -0.25) is 14.4 Å². The van der Waals surface area contributed by atoms with Crippen LogP contribution in [-0.4, -0.2) is 74.4 Å². The van der Waals surface area contributed by atoms with Crippen molar-refractivity contribution in [1.82, 2.24) is 4.90 Å². The van der Waals surface area contributed by atoms with Crippen molar-refractivity contribution in [2.24, 2.45) is 11.0 Å². The summed E-state index contributed by atoms with van der Waals surface area (Å²) in [7, 11) is 0.875. The number of aliphatic hydroxyl groups excluding tert-OH is 1. The number of likely N-dealkylation sites (N-methyl/N-ethyl adjacent to an activating group) is 1. The molecule has 4 aliphatic rings. The van der Waals surface area contributed by atoms with Gasteiger partial charge in [-0.25, -0.2) is 5.01 Å². The summed E-state index contributed by atoms with van der Waals surface area (Å²) >= 11 is 0. The van der Waals surface area contributed by atoms with Crippen molar-refractivity contribution < 1.29 is 29.0 Å². The largest absolute Gasteiger partial charge is 0.497 e. The lowest BCUT2D eigenvalue weighted by molar-refractivity contribution is -0.150. The normalized spacial score (nSPS) is 24.9. The number of ether oxygens (including phenoxy) is 2. The van der Waals surface area contributed by atoms with E-state index in [4.69, 9.17) is 14.6 Å². The monoisotopic (exact) mass is 756 g/mol. The van der Waals surface area contributed by atoms with E-state index in [1.165, 1.54) is 5.01 Å². The van der Waals surface area contributed by atoms with Gasteiger partial charge in [-0.05, 0) is 59.0 Å². The van der Waals surface area contributed by atoms with Crippen LogP contribution in [0.15, 0.2) is 102 Å². The lowest BCUT2D eigenvalue weighted by Gasteiger charge is -2.39. The maximum atomic E-state index is 14.8. The van der Waals surface area contributed by atoms with Gasteiger partial charge in [0.2, 0.25) is 11.8 Å². The Hall–Kier alpha value is -5.10. The van der Waals surface area contributed by atoms with E-state index in [-0.39, 0.29) is 48.3 Å². The minimum atomic E-state index is -2.54. The van der Waals surface area contributed by atoms with E-state index in [0.717, 1.165) is 33.3 Å². The van der Waals surface area contributed by atoms with Crippen molar-refractivity contribution in [2.45, 2.75) is 75.5 Å². The highest BCUT2D eigenvalue weighted by atomic mass is 28.3. The van der Waals surface area contributed by atoms with E-state index in [1.54, 1.807) is 24.0 Å². The molecule has 10 nitrogen and oxygen atoms in total. The molecule has 8 rings (SSSR count). The number of fused-ring (bicyclic) bond motifs is 3. The fourth-order valence-corrected chi connectivity index (χ4v) is 13.7. The van der Waals surface area contributed by atoms with Crippen molar-refractivity contribution in [3.8, 4) is 5.75 Å². The first kappa shape index (κ1) is 36.9. The number of hydrazone groups is 1. The van der Waals surface area contributed by atoms with Crippen LogP contribution in [0, 0.1) is 5.92 Å². The number of methoxy groups -OCH3 is 1. The molecule has 55 heavy (non-hydrogen) atoms. The Labute approximate surface area is 323 Å². The van der Waals surface area contributed by atoms with Gasteiger partial charge in [-0.1, -0.05) is 91.9 Å². The van der Waals surface area contributed by atoms with Gasteiger partial charge >= 0.3 is 0 Å². The topological polar surface area (TPSA) is 112 Å². The molecule has 0 saturated carbocycles. The highest BCUT2D eigenvalue weighted by Gasteiger charge is 2.66. The number of anilines is 2. The molecule has 4 heterocycles. The number of carbonyl (C=O) groups is 3. The minimum absolute atomic E-state index is 0.0589. The van der Waals surface area contributed by atoms with Gasteiger partial charge < -0.3 is 24.4 Å². The Balaban J connectivity index is 1.21. The Bertz CT molecular complexity index is 2170. The number of hydrogen-bond donors (Lipinski definition) is 1. The van der Waals surface area contributed by atoms with Crippen molar-refractivity contribution in [3.05, 3.63) is 119 Å². The fourth-order valence-electron chi connectivity index (χ4n) is 9.66. The number of carbonyl (C=O) groups excluding carboxylic acids is 3. The molecule has 11 heteroatoms. The molecule has 5 atom stereocenters. The maximum absolute atomic E-state index is 14.8. The van der Waals surface area contributed by atoms with E-state index in [2.05, 4.69) is 38.2 Å². The van der Waals surface area contributed by atoms with Gasteiger partial charge in [0.1, 0.15) is 5.75 Å². The van der Waals surface area contributed by atoms with E-state index >= 15 is 0 Å². The first-order chi connectivity index (χ1) is 26.5. The molecule has 0 bridgehead atoms. The van der Waals surface area contributed by atoms with E-state index in [9.17, 15) is 19.5 Å². The van der Waals surface area contributed by atoms with Gasteiger partial charge in [0.25, 0.3) is 5.91 Å². The summed E-state index contributed by atoms with van der Waals surface area (Å²) in [6.07, 6.45) is 0.879. The summed E-state index contributed by atoms with van der Waals surface area (Å²) in [5, 5.41) is 17.9. The maximum Gasteiger partial charge on any atom is 0.264 e. The smallest absolute Gasteiger partial charge is 0.264 e. The molecule has 284 valence electrons. The fraction of sp³-hybridized carbons (Fsp3) is 0.364. The molecule has 4 aliphatic heterocycles. The van der Waals surface area contributed by atoms with Crippen LogP contribution in [0.2, 0.25) is 18.6 Å². The van der Waals surface area contributed by atoms with E-state index < -0.39 is 19.8 Å². The molecule has 0 aromatic heterocycles. The molecule has 0 aliphatic carbocycles. The molecule has 1 spiro atoms. The van der Waals surface area contributed by atoms with E-state index in [1.807, 2.05) is 78.9 Å². The third-order valence-electron chi connectivity index (χ3n) is 12.6. The second-order valence-electron chi connectivity index (χ2n) is 15.9. The summed E-state index contributed by atoms with van der Waals surface area (Å²) in [5.74, 6) is -0.00124. The van der Waals surface area contributed by atoms with Crippen LogP contribution in [0.1, 0.15) is 48.4 Å². The van der Waals surface area contributed by atoms with Crippen molar-refractivity contribution in [1.29, 1.82) is 0 Å². The highest BCUT2D eigenvalue weighted by molar-refractivity contribution is 6.91. The van der Waals surface area contributed by atoms with Gasteiger partial charge in [-0.15, -0.1) is 0 Å². The van der Waals surface area contributed by atoms with Crippen molar-refractivity contribution in [3.63, 3.8) is 0 Å². The Morgan fingerprint density at radius 1 is 0.964 bits per heavy atom. The summed E-state index contributed by atoms with van der Waals surface area (Å²) < 4.78 is 12.7. The van der Waals surface area contributed by atoms with Crippen LogP contribution < -0.4 is 19.8 Å². The Morgan fingerprint density at radius 2 is 1.67 bits per heavy atom. The zero-order valence-corrected chi connectivity index (χ0v) is 33.1. The lowest BCUT2D eigenvalue weighted by atomic mass is 9.82. The van der Waals surface area contributed by atoms with Gasteiger partial charge in [0.15, 0.2) is 5.60 Å². The second-order valence-corrected chi connectivity index (χ2v) is 20.6. The molecule has 1 N–H and O–H groups in total. The zero-order valence-electron chi connectivity index (χ0n) is 32.1. The van der Waals surface area contributed by atoms with Gasteiger partial charge in [-0.2, -0.15) is 5.10 Å². The number of rotatable bonds is 8. The molecule has 4 aromatic carbocycles. The number of hydrogen-bond acceptors (Lipinski definition) is 7. The second kappa shape index (κ2) is 14.2. The van der Waals surface area contributed by atoms with Crippen LogP contribution in [0.3, 0.4) is 0 Å². The van der Waals surface area contributed by atoms with Gasteiger partial charge in [0, 0.05) is 37.9 Å². The molecule has 0 unspecified atom stereocenters. The third-order valence-corrected chi connectivity index (χ3v) is 17.0. The van der Waals surface area contributed by atoms with Crippen LogP contribution in [0.25, 0.3) is 0 Å². The number of benzene rings is 4. The third kappa shape index (κ3) is 6.09. The standard InChI is InChI=1S/C44H48N4O6Si/c1-28-42(55(4,5)35-18-16-34(53-3)17-19-35)39(25-41(51)47-26-31-14-10-9-13-30(31)23-33(47)27-49)54-44(28)36-24-32(15-21-38(36)46(2)43(44)52)48-40(50)22-20-37(45-48)29-11-7-6-8-12-29/h6-19,21,24,28,33,39,42,49H,20,22-23,25-27H2,1-5H3/t28-,33-,39+,42-,44+/m0/s1. The summed E-state index contributed by atoms with van der Waals surface area (Å²) in [6.45, 7) is 6.92. The molecule has 3 amide bonds. The summed E-state index contributed by atoms with van der Waals surface area (Å²) in [4.78, 5) is 46.3. The molecular weight excluding hydrogens is 709 g/mol. The Morgan fingerprint density at radius 3 is 2.38 bits per heavy atom. The van der Waals surface area contributed by atoms with Crippen LogP contribution >= 0.6 is 0 Å². The number of aliphatic hydroxyl groups is 1. The quantitative estimate of drug-likeness (QED) is 0.229. The zero-order chi connectivity index (χ0) is 38.6. The number of amides is 3. The van der Waals surface area contributed by atoms with Crippen LogP contribution in [0.5, 0.6) is 5.75 Å². The number of nitrogens with zero attached hydrogens (tertiary/aromatic N) is 4. The van der Waals surface area contributed by atoms with Crippen LogP contribution in [0.4, 0.5) is 11.4 Å². The summed E-state index contributed by atoms with van der Waals surface area (Å²) in [5.41, 5.74) is 4.38. The van der Waals surface area contributed by atoms with Gasteiger partial charge in [0.05, 0.1) is 57.4 Å². The average molecular weight is 757 g/mol. The molecular formula is C44H48N4O6Si. The minimum Gasteiger partial charge on any atom is -0.497 e. The predicted molar refractivity (Wildman–Crippen MR) is 215 cm³/mol. The highest BCUT2D eigenvalue weighted by Crippen LogP contribution is 2.60. The lowest BCUT2D eigenvalue weighted by Crippen LogP contribution is -2.52. The van der Waals surface area contributed by atoms with Crippen LogP contribution in [-0.2, 0) is 37.7 Å². The van der Waals surface area contributed by atoms with E-state index in [0.29, 0.717) is 42.7 Å². The van der Waals surface area contributed by atoms with Crippen molar-refractivity contribution in [2.75, 3.05) is 30.7 Å². The molecule has 4 aromatic rings. The average Bonchev–Trinajstić information content (AvgIpc) is 3.62. The van der Waals surface area contributed by atoms with Crippen molar-refractivity contribution >= 4 is 48.1 Å². The molecule has 1 saturated heterocycles. The molecule has 0 radical (unpaired) electrons. The molecule has 1 fully saturated rings. The first-order valence-electron chi connectivity index (χ1n) is 19.2. The SMILES string of the molecule is COc1ccc([Si](C)(C)[C@@H]2[C@@H](CC(=O)N3Cc4ccccc4C[C@H]3CO)O[C@]3(C(=O)N(C)c4ccc(N5N=C(c6ccccc6)CCC5=O)cc43)[C@H]2C)cc1. The summed E-state index contributed by atoms with van der Waals surface area (Å²) in [6, 6.07) is 31.3.